The van der Waals surface area contributed by atoms with Crippen LogP contribution in [0, 0.1) is 0 Å². The first-order valence-electron chi connectivity index (χ1n) is 6.17. The predicted molar refractivity (Wildman–Crippen MR) is 75.7 cm³/mol. The fraction of sp³-hybridized carbons (Fsp3) is 0.818. The minimum atomic E-state index is -4.14. The second-order valence-electron chi connectivity index (χ2n) is 6.11. The molecule has 21 heavy (non-hydrogen) atoms. The number of alkyl carbamates (subject to hydrolysis) is 1. The molecule has 9 nitrogen and oxygen atoms in total. The monoisotopic (exact) mass is 325 g/mol. The zero-order valence-corrected chi connectivity index (χ0v) is 13.9. The highest BCUT2D eigenvalue weighted by molar-refractivity contribution is 7.88. The molecule has 0 aliphatic rings. The maximum atomic E-state index is 11.5. The van der Waals surface area contributed by atoms with Crippen molar-refractivity contribution < 1.29 is 27.5 Å². The molecular formula is C11H23N3O6S. The summed E-state index contributed by atoms with van der Waals surface area (Å²) >= 11 is 0. The van der Waals surface area contributed by atoms with E-state index in [0.29, 0.717) is 0 Å². The highest BCUT2D eigenvalue weighted by atomic mass is 32.2. The molecule has 0 aromatic rings. The van der Waals surface area contributed by atoms with Crippen LogP contribution in [-0.2, 0) is 19.7 Å². The first kappa shape index (κ1) is 19.4. The first-order valence-corrected chi connectivity index (χ1v) is 7.66. The van der Waals surface area contributed by atoms with Gasteiger partial charge >= 0.3 is 22.4 Å². The summed E-state index contributed by atoms with van der Waals surface area (Å²) in [5.74, 6) is 0. The number of hydrogen-bond donors (Lipinski definition) is 3. The maximum Gasteiger partial charge on any atom is 0.422 e. The van der Waals surface area contributed by atoms with Crippen LogP contribution in [-0.4, -0.2) is 38.5 Å². The molecule has 2 amide bonds. The summed E-state index contributed by atoms with van der Waals surface area (Å²) in [5, 5.41) is 2.17. The number of carbonyl (C=O) groups excluding carboxylic acids is 2. The second-order valence-corrected chi connectivity index (χ2v) is 7.61. The summed E-state index contributed by atoms with van der Waals surface area (Å²) in [6, 6.07) is 0. The molecule has 0 aromatic heterocycles. The van der Waals surface area contributed by atoms with Gasteiger partial charge in [-0.25, -0.2) is 14.3 Å². The summed E-state index contributed by atoms with van der Waals surface area (Å²) in [4.78, 5) is 22.6. The van der Waals surface area contributed by atoms with Gasteiger partial charge in [0.05, 0.1) is 6.67 Å². The van der Waals surface area contributed by atoms with Gasteiger partial charge in [0.2, 0.25) is 0 Å². The number of ether oxygens (including phenoxy) is 2. The number of rotatable bonds is 4. The minimum absolute atomic E-state index is 0.437. The van der Waals surface area contributed by atoms with E-state index in [1.165, 1.54) is 0 Å². The number of hydrogen-bond acceptors (Lipinski definition) is 6. The van der Waals surface area contributed by atoms with Gasteiger partial charge in [0.15, 0.2) is 0 Å². The Morgan fingerprint density at radius 1 is 0.905 bits per heavy atom. The van der Waals surface area contributed by atoms with Crippen molar-refractivity contribution in [1.29, 1.82) is 0 Å². The summed E-state index contributed by atoms with van der Waals surface area (Å²) in [7, 11) is -4.14. The second kappa shape index (κ2) is 6.94. The van der Waals surface area contributed by atoms with Crippen LogP contribution in [0.4, 0.5) is 9.59 Å². The van der Waals surface area contributed by atoms with Gasteiger partial charge in [-0.2, -0.15) is 13.1 Å². The third-order valence-corrected chi connectivity index (χ3v) is 2.47. The van der Waals surface area contributed by atoms with Gasteiger partial charge in [-0.15, -0.1) is 0 Å². The molecule has 0 aliphatic heterocycles. The Kier molecular flexibility index (Phi) is 6.43. The smallest absolute Gasteiger partial charge is 0.422 e. The SMILES string of the molecule is CC(C)(C)OC(=O)NCNS(=O)(=O)NC(=O)OC(C)(C)C. The Balaban J connectivity index is 4.21. The molecule has 0 saturated carbocycles. The van der Waals surface area contributed by atoms with E-state index in [1.54, 1.807) is 46.3 Å². The Morgan fingerprint density at radius 3 is 1.76 bits per heavy atom. The molecule has 0 bridgehead atoms. The van der Waals surface area contributed by atoms with Crippen molar-refractivity contribution in [2.24, 2.45) is 0 Å². The standard InChI is InChI=1S/C11H23N3O6S/c1-10(2,3)19-8(15)12-7-13-21(17,18)14-9(16)20-11(4,5)6/h13H,7H2,1-6H3,(H,12,15)(H,14,16). The largest absolute Gasteiger partial charge is 0.444 e. The molecule has 124 valence electrons. The van der Waals surface area contributed by atoms with Crippen molar-refractivity contribution in [2.75, 3.05) is 6.67 Å². The fourth-order valence-corrected chi connectivity index (χ4v) is 1.56. The molecule has 0 atom stereocenters. The molecule has 0 unspecified atom stereocenters. The fourth-order valence-electron chi connectivity index (χ4n) is 0.962. The topological polar surface area (TPSA) is 123 Å². The molecule has 0 fully saturated rings. The van der Waals surface area contributed by atoms with E-state index >= 15 is 0 Å². The van der Waals surface area contributed by atoms with Gasteiger partial charge in [0, 0.05) is 0 Å². The highest BCUT2D eigenvalue weighted by Gasteiger charge is 2.21. The number of nitrogens with one attached hydrogen (secondary N) is 3. The van der Waals surface area contributed by atoms with E-state index in [-0.39, 0.29) is 0 Å². The van der Waals surface area contributed by atoms with E-state index in [4.69, 9.17) is 9.47 Å². The third kappa shape index (κ3) is 11.9. The lowest BCUT2D eigenvalue weighted by Gasteiger charge is -2.20. The molecule has 0 aromatic carbocycles. The molecule has 3 N–H and O–H groups in total. The van der Waals surface area contributed by atoms with Gasteiger partial charge in [0.25, 0.3) is 0 Å². The molecule has 0 heterocycles. The number of amides is 2. The quantitative estimate of drug-likeness (QED) is 0.658. The van der Waals surface area contributed by atoms with Crippen LogP contribution < -0.4 is 14.8 Å². The van der Waals surface area contributed by atoms with Crippen LogP contribution in [0.15, 0.2) is 0 Å². The van der Waals surface area contributed by atoms with Crippen LogP contribution in [0.3, 0.4) is 0 Å². The van der Waals surface area contributed by atoms with Crippen LogP contribution in [0.5, 0.6) is 0 Å². The molecule has 10 heteroatoms. The molecule has 0 spiro atoms. The Labute approximate surface area is 124 Å². The van der Waals surface area contributed by atoms with E-state index < -0.39 is 40.3 Å². The lowest BCUT2D eigenvalue weighted by Crippen LogP contribution is -2.47. The van der Waals surface area contributed by atoms with E-state index in [9.17, 15) is 18.0 Å². The van der Waals surface area contributed by atoms with Crippen molar-refractivity contribution in [3.05, 3.63) is 0 Å². The van der Waals surface area contributed by atoms with Gasteiger partial charge < -0.3 is 14.8 Å². The summed E-state index contributed by atoms with van der Waals surface area (Å²) in [6.45, 7) is 9.35. The van der Waals surface area contributed by atoms with Gasteiger partial charge in [-0.05, 0) is 41.5 Å². The Hall–Kier alpha value is -1.55. The zero-order chi connectivity index (χ0) is 16.9. The summed E-state index contributed by atoms with van der Waals surface area (Å²) in [5.41, 5.74) is -1.52. The van der Waals surface area contributed by atoms with Gasteiger partial charge in [-0.1, -0.05) is 0 Å². The minimum Gasteiger partial charge on any atom is -0.444 e. The average molecular weight is 325 g/mol. The van der Waals surface area contributed by atoms with Crippen molar-refractivity contribution in [3.63, 3.8) is 0 Å². The van der Waals surface area contributed by atoms with E-state index in [1.807, 2.05) is 4.72 Å². The normalized spacial score (nSPS) is 12.5. The van der Waals surface area contributed by atoms with Crippen molar-refractivity contribution in [1.82, 2.24) is 14.8 Å². The summed E-state index contributed by atoms with van der Waals surface area (Å²) in [6.07, 6.45) is -1.91. The van der Waals surface area contributed by atoms with E-state index in [2.05, 4.69) is 5.32 Å². The third-order valence-electron chi connectivity index (χ3n) is 1.51. The van der Waals surface area contributed by atoms with Crippen LogP contribution >= 0.6 is 0 Å². The predicted octanol–water partition coefficient (Wildman–Crippen LogP) is 0.828. The highest BCUT2D eigenvalue weighted by Crippen LogP contribution is 2.07. The van der Waals surface area contributed by atoms with Crippen LogP contribution in [0.1, 0.15) is 41.5 Å². The maximum absolute atomic E-state index is 11.5. The zero-order valence-electron chi connectivity index (χ0n) is 13.1. The first-order chi connectivity index (χ1) is 9.20. The molecule has 0 saturated heterocycles. The average Bonchev–Trinajstić information content (AvgIpc) is 2.08. The molecule has 0 aliphatic carbocycles. The van der Waals surface area contributed by atoms with Crippen LogP contribution in [0.25, 0.3) is 0 Å². The van der Waals surface area contributed by atoms with Crippen LogP contribution in [0.2, 0.25) is 0 Å². The van der Waals surface area contributed by atoms with Crippen molar-refractivity contribution in [2.45, 2.75) is 52.7 Å². The Morgan fingerprint density at radius 2 is 1.33 bits per heavy atom. The van der Waals surface area contributed by atoms with Gasteiger partial charge in [0.1, 0.15) is 11.2 Å². The molecular weight excluding hydrogens is 302 g/mol. The van der Waals surface area contributed by atoms with E-state index in [0.717, 1.165) is 0 Å². The molecule has 0 radical (unpaired) electrons. The lowest BCUT2D eigenvalue weighted by molar-refractivity contribution is 0.0526. The molecule has 0 rings (SSSR count). The Bertz CT molecular complexity index is 475. The lowest BCUT2D eigenvalue weighted by atomic mass is 10.2. The number of carbonyl (C=O) groups is 2. The summed E-state index contributed by atoms with van der Waals surface area (Å²) < 4.78 is 36.2. The van der Waals surface area contributed by atoms with Crippen molar-refractivity contribution >= 4 is 22.4 Å². The van der Waals surface area contributed by atoms with Gasteiger partial charge in [-0.3, -0.25) is 0 Å². The van der Waals surface area contributed by atoms with Crippen molar-refractivity contribution in [3.8, 4) is 0 Å².